The molecule has 3 rings (SSSR count). The predicted octanol–water partition coefficient (Wildman–Crippen LogP) is 4.14. The number of nitrogens with zero attached hydrogens (tertiary/aromatic N) is 2. The Bertz CT molecular complexity index is 902. The minimum absolute atomic E-state index is 0.167. The Kier molecular flexibility index (Phi) is 5.74. The lowest BCUT2D eigenvalue weighted by Gasteiger charge is -2.44. The fourth-order valence-electron chi connectivity index (χ4n) is 3.67. The van der Waals surface area contributed by atoms with Gasteiger partial charge >= 0.3 is 0 Å². The van der Waals surface area contributed by atoms with Gasteiger partial charge in [-0.25, -0.2) is 8.78 Å². The van der Waals surface area contributed by atoms with Gasteiger partial charge in [-0.3, -0.25) is 10.1 Å². The molecule has 5 nitrogen and oxygen atoms in total. The Morgan fingerprint density at radius 1 is 1.25 bits per heavy atom. The molecule has 0 aromatic heterocycles. The standard InChI is InChI=1S/C21H23F2N3O2/c1-3-21(12-15-7-5-4-6-8-15)14-25(2)16(13-24-21)11-17-19(26(27)28)10-9-18(22)20(17)23/h4-11,24H,3,12-14H2,1-2H3. The number of halogens is 2. The van der Waals surface area contributed by atoms with E-state index in [0.717, 1.165) is 25.0 Å². The van der Waals surface area contributed by atoms with Crippen molar-refractivity contribution < 1.29 is 13.7 Å². The Morgan fingerprint density at radius 2 is 1.96 bits per heavy atom. The zero-order chi connectivity index (χ0) is 20.3. The van der Waals surface area contributed by atoms with Crippen LogP contribution in [0.1, 0.15) is 24.5 Å². The zero-order valence-electron chi connectivity index (χ0n) is 15.9. The van der Waals surface area contributed by atoms with Gasteiger partial charge in [0.05, 0.1) is 10.5 Å². The van der Waals surface area contributed by atoms with E-state index in [0.29, 0.717) is 18.8 Å². The maximum atomic E-state index is 14.2. The molecule has 28 heavy (non-hydrogen) atoms. The summed E-state index contributed by atoms with van der Waals surface area (Å²) in [5.41, 5.74) is 0.936. The molecule has 2 aromatic carbocycles. The van der Waals surface area contributed by atoms with E-state index < -0.39 is 22.2 Å². The highest BCUT2D eigenvalue weighted by molar-refractivity contribution is 5.64. The van der Waals surface area contributed by atoms with Crippen LogP contribution >= 0.6 is 0 Å². The Morgan fingerprint density at radius 3 is 2.57 bits per heavy atom. The second kappa shape index (κ2) is 8.06. The van der Waals surface area contributed by atoms with Gasteiger partial charge in [-0.15, -0.1) is 0 Å². The van der Waals surface area contributed by atoms with Gasteiger partial charge in [0.2, 0.25) is 0 Å². The first-order chi connectivity index (χ1) is 13.3. The van der Waals surface area contributed by atoms with E-state index >= 15 is 0 Å². The number of hydrogen-bond donors (Lipinski definition) is 1. The van der Waals surface area contributed by atoms with Crippen LogP contribution < -0.4 is 5.32 Å². The van der Waals surface area contributed by atoms with Gasteiger partial charge in [0.15, 0.2) is 11.6 Å². The first-order valence-electron chi connectivity index (χ1n) is 9.18. The van der Waals surface area contributed by atoms with Crippen molar-refractivity contribution in [3.05, 3.63) is 81.0 Å². The normalized spacial score (nSPS) is 21.1. The highest BCUT2D eigenvalue weighted by atomic mass is 19.2. The lowest BCUT2D eigenvalue weighted by Crippen LogP contribution is -2.59. The van der Waals surface area contributed by atoms with E-state index in [9.17, 15) is 18.9 Å². The highest BCUT2D eigenvalue weighted by Crippen LogP contribution is 2.29. The number of benzene rings is 2. The SMILES string of the molecule is CCC1(Cc2ccccc2)CN(C)C(=Cc2c([N+](=O)[O-])ccc(F)c2F)CN1. The third kappa shape index (κ3) is 4.04. The molecule has 0 radical (unpaired) electrons. The molecular weight excluding hydrogens is 364 g/mol. The van der Waals surface area contributed by atoms with E-state index in [4.69, 9.17) is 0 Å². The van der Waals surface area contributed by atoms with Crippen molar-refractivity contribution in [3.8, 4) is 0 Å². The third-order valence-corrected chi connectivity index (χ3v) is 5.35. The fourth-order valence-corrected chi connectivity index (χ4v) is 3.67. The summed E-state index contributed by atoms with van der Waals surface area (Å²) in [6.45, 7) is 3.16. The van der Waals surface area contributed by atoms with Gasteiger partial charge in [0, 0.05) is 37.4 Å². The molecule has 1 heterocycles. The van der Waals surface area contributed by atoms with Crippen molar-refractivity contribution in [2.45, 2.75) is 25.3 Å². The summed E-state index contributed by atoms with van der Waals surface area (Å²) in [4.78, 5) is 12.5. The van der Waals surface area contributed by atoms with Gasteiger partial charge in [0.25, 0.3) is 5.69 Å². The topological polar surface area (TPSA) is 58.4 Å². The Balaban J connectivity index is 1.88. The van der Waals surface area contributed by atoms with Crippen LogP contribution in [0.5, 0.6) is 0 Å². The number of nitro groups is 1. The zero-order valence-corrected chi connectivity index (χ0v) is 15.9. The number of likely N-dealkylation sites (N-methyl/N-ethyl adjacent to an activating group) is 1. The summed E-state index contributed by atoms with van der Waals surface area (Å²) in [5.74, 6) is -2.30. The largest absolute Gasteiger partial charge is 0.375 e. The summed E-state index contributed by atoms with van der Waals surface area (Å²) in [6, 6.07) is 11.9. The van der Waals surface area contributed by atoms with E-state index in [-0.39, 0.29) is 11.1 Å². The van der Waals surface area contributed by atoms with Crippen LogP contribution in [0.15, 0.2) is 48.2 Å². The number of hydrogen-bond acceptors (Lipinski definition) is 4. The Labute approximate surface area is 162 Å². The number of rotatable bonds is 5. The maximum Gasteiger partial charge on any atom is 0.279 e. The van der Waals surface area contributed by atoms with Crippen LogP contribution in [0.4, 0.5) is 14.5 Å². The minimum atomic E-state index is -1.20. The van der Waals surface area contributed by atoms with E-state index in [1.165, 1.54) is 11.6 Å². The fraction of sp³-hybridized carbons (Fsp3) is 0.333. The van der Waals surface area contributed by atoms with Crippen molar-refractivity contribution in [1.29, 1.82) is 0 Å². The molecule has 0 saturated carbocycles. The molecule has 0 amide bonds. The first kappa shape index (κ1) is 19.9. The van der Waals surface area contributed by atoms with Crippen molar-refractivity contribution in [3.63, 3.8) is 0 Å². The Hall–Kier alpha value is -2.80. The summed E-state index contributed by atoms with van der Waals surface area (Å²) >= 11 is 0. The lowest BCUT2D eigenvalue weighted by molar-refractivity contribution is -0.385. The minimum Gasteiger partial charge on any atom is -0.375 e. The molecule has 1 atom stereocenters. The van der Waals surface area contributed by atoms with Crippen LogP contribution in [-0.2, 0) is 6.42 Å². The first-order valence-corrected chi connectivity index (χ1v) is 9.18. The lowest BCUT2D eigenvalue weighted by atomic mass is 9.85. The number of piperazine rings is 1. The molecule has 1 unspecified atom stereocenters. The second-order valence-electron chi connectivity index (χ2n) is 7.19. The monoisotopic (exact) mass is 387 g/mol. The average molecular weight is 387 g/mol. The van der Waals surface area contributed by atoms with Crippen LogP contribution in [0, 0.1) is 21.7 Å². The molecule has 7 heteroatoms. The highest BCUT2D eigenvalue weighted by Gasteiger charge is 2.34. The molecule has 1 fully saturated rings. The van der Waals surface area contributed by atoms with Crippen LogP contribution in [0.2, 0.25) is 0 Å². The molecule has 0 bridgehead atoms. The van der Waals surface area contributed by atoms with Crippen molar-refractivity contribution in [2.24, 2.45) is 0 Å². The molecule has 1 aliphatic heterocycles. The molecule has 1 N–H and O–H groups in total. The molecule has 2 aromatic rings. The molecular formula is C21H23F2N3O2. The summed E-state index contributed by atoms with van der Waals surface area (Å²) in [5, 5.41) is 14.7. The van der Waals surface area contributed by atoms with E-state index in [1.807, 2.05) is 30.1 Å². The van der Waals surface area contributed by atoms with Gasteiger partial charge in [-0.1, -0.05) is 37.3 Å². The predicted molar refractivity (Wildman–Crippen MR) is 105 cm³/mol. The van der Waals surface area contributed by atoms with Gasteiger partial charge in [0.1, 0.15) is 0 Å². The van der Waals surface area contributed by atoms with Crippen LogP contribution in [-0.4, -0.2) is 35.5 Å². The second-order valence-corrected chi connectivity index (χ2v) is 7.19. The smallest absolute Gasteiger partial charge is 0.279 e. The molecule has 148 valence electrons. The number of nitro benzene ring substituents is 1. The molecule has 1 saturated heterocycles. The van der Waals surface area contributed by atoms with Gasteiger partial charge in [-0.2, -0.15) is 0 Å². The third-order valence-electron chi connectivity index (χ3n) is 5.35. The summed E-state index contributed by atoms with van der Waals surface area (Å²) in [7, 11) is 1.87. The average Bonchev–Trinajstić information content (AvgIpc) is 2.68. The van der Waals surface area contributed by atoms with Crippen LogP contribution in [0.25, 0.3) is 6.08 Å². The van der Waals surface area contributed by atoms with Gasteiger partial charge < -0.3 is 10.2 Å². The summed E-state index contributed by atoms with van der Waals surface area (Å²) in [6.07, 6.45) is 3.08. The summed E-state index contributed by atoms with van der Waals surface area (Å²) < 4.78 is 27.9. The van der Waals surface area contributed by atoms with Crippen molar-refractivity contribution in [2.75, 3.05) is 20.1 Å². The van der Waals surface area contributed by atoms with E-state index in [1.54, 1.807) is 0 Å². The van der Waals surface area contributed by atoms with Crippen molar-refractivity contribution >= 4 is 11.8 Å². The number of nitrogens with one attached hydrogen (secondary N) is 1. The molecule has 0 aliphatic carbocycles. The van der Waals surface area contributed by atoms with Crippen LogP contribution in [0.3, 0.4) is 0 Å². The quantitative estimate of drug-likeness (QED) is 0.619. The van der Waals surface area contributed by atoms with Gasteiger partial charge in [-0.05, 0) is 30.5 Å². The molecule has 1 aliphatic rings. The molecule has 0 spiro atoms. The van der Waals surface area contributed by atoms with Crippen molar-refractivity contribution in [1.82, 2.24) is 10.2 Å². The van der Waals surface area contributed by atoms with E-state index in [2.05, 4.69) is 24.4 Å². The maximum absolute atomic E-state index is 14.2.